The molecule has 1 fully saturated rings. The van der Waals surface area contributed by atoms with Crippen LogP contribution in [0.25, 0.3) is 16.4 Å². The number of piperazine rings is 1. The molecule has 2 N–H and O–H groups in total. The minimum atomic E-state index is -0.232. The van der Waals surface area contributed by atoms with Crippen LogP contribution in [0.2, 0.25) is 5.15 Å². The van der Waals surface area contributed by atoms with Gasteiger partial charge in [0.25, 0.3) is 5.91 Å². The smallest absolute Gasteiger partial charge is 0.259 e. The molecule has 9 nitrogen and oxygen atoms in total. The fourth-order valence-corrected chi connectivity index (χ4v) is 5.08. The molecule has 1 saturated heterocycles. The van der Waals surface area contributed by atoms with Gasteiger partial charge in [-0.1, -0.05) is 29.8 Å². The van der Waals surface area contributed by atoms with E-state index in [0.29, 0.717) is 27.9 Å². The SMILES string of the molecule is COc1cc2ccc(Nc3cnc4ccc(Cl)nn34)cc2cc1C(=O)Nc1ccc(CN2CCN(C)CC2)cc1. The lowest BCUT2D eigenvalue weighted by molar-refractivity contribution is 0.102. The Kier molecular flexibility index (Phi) is 7.25. The van der Waals surface area contributed by atoms with Crippen molar-refractivity contribution in [3.05, 3.63) is 89.2 Å². The van der Waals surface area contributed by atoms with Gasteiger partial charge in [-0.15, -0.1) is 0 Å². The lowest BCUT2D eigenvalue weighted by Crippen LogP contribution is -2.43. The summed E-state index contributed by atoms with van der Waals surface area (Å²) in [5.74, 6) is 0.960. The first-order valence-corrected chi connectivity index (χ1v) is 13.5. The highest BCUT2D eigenvalue weighted by atomic mass is 35.5. The third-order valence-corrected chi connectivity index (χ3v) is 7.42. The van der Waals surface area contributed by atoms with Crippen LogP contribution in [-0.2, 0) is 6.54 Å². The maximum Gasteiger partial charge on any atom is 0.259 e. The molecule has 0 atom stereocenters. The van der Waals surface area contributed by atoms with E-state index in [1.165, 1.54) is 5.56 Å². The molecular formula is C30H30ClN7O2. The molecule has 0 bridgehead atoms. The lowest BCUT2D eigenvalue weighted by Gasteiger charge is -2.32. The zero-order valence-corrected chi connectivity index (χ0v) is 23.2. The van der Waals surface area contributed by atoms with Crippen LogP contribution in [0.15, 0.2) is 72.9 Å². The van der Waals surface area contributed by atoms with Gasteiger partial charge < -0.3 is 20.3 Å². The minimum absolute atomic E-state index is 0.232. The Balaban J connectivity index is 1.20. The zero-order chi connectivity index (χ0) is 27.6. The summed E-state index contributed by atoms with van der Waals surface area (Å²) >= 11 is 6.07. The first-order valence-electron chi connectivity index (χ1n) is 13.2. The number of benzene rings is 3. The highest BCUT2D eigenvalue weighted by Crippen LogP contribution is 2.30. The molecule has 0 unspecified atom stereocenters. The van der Waals surface area contributed by atoms with Crippen molar-refractivity contribution in [3.63, 3.8) is 0 Å². The van der Waals surface area contributed by atoms with Crippen LogP contribution in [0.4, 0.5) is 17.2 Å². The van der Waals surface area contributed by atoms with Crippen molar-refractivity contribution in [2.75, 3.05) is 51.0 Å². The van der Waals surface area contributed by atoms with Gasteiger partial charge in [0.05, 0.1) is 18.9 Å². The van der Waals surface area contributed by atoms with Gasteiger partial charge >= 0.3 is 0 Å². The third kappa shape index (κ3) is 5.58. The minimum Gasteiger partial charge on any atom is -0.496 e. The molecule has 10 heteroatoms. The summed E-state index contributed by atoms with van der Waals surface area (Å²) in [6.07, 6.45) is 1.70. The first kappa shape index (κ1) is 26.1. The molecule has 2 aromatic heterocycles. The van der Waals surface area contributed by atoms with Gasteiger partial charge in [0.2, 0.25) is 0 Å². The highest BCUT2D eigenvalue weighted by molar-refractivity contribution is 6.29. The summed E-state index contributed by atoms with van der Waals surface area (Å²) in [5, 5.41) is 12.9. The number of imidazole rings is 1. The Labute approximate surface area is 237 Å². The lowest BCUT2D eigenvalue weighted by atomic mass is 10.0. The molecule has 3 heterocycles. The number of methoxy groups -OCH3 is 1. The van der Waals surface area contributed by atoms with E-state index < -0.39 is 0 Å². The number of rotatable bonds is 7. The molecule has 0 aliphatic carbocycles. The number of carbonyl (C=O) groups is 1. The van der Waals surface area contributed by atoms with Crippen molar-refractivity contribution in [2.45, 2.75) is 6.54 Å². The van der Waals surface area contributed by atoms with Gasteiger partial charge in [0.15, 0.2) is 11.5 Å². The van der Waals surface area contributed by atoms with Gasteiger partial charge in [0.1, 0.15) is 10.9 Å². The van der Waals surface area contributed by atoms with Crippen LogP contribution in [0.1, 0.15) is 15.9 Å². The van der Waals surface area contributed by atoms with E-state index in [9.17, 15) is 4.79 Å². The number of anilines is 3. The molecule has 5 aromatic rings. The number of nitrogens with zero attached hydrogens (tertiary/aromatic N) is 5. The number of fused-ring (bicyclic) bond motifs is 2. The summed E-state index contributed by atoms with van der Waals surface area (Å²) in [7, 11) is 3.73. The molecule has 0 radical (unpaired) electrons. The molecular weight excluding hydrogens is 526 g/mol. The number of likely N-dealkylation sites (N-methyl/N-ethyl adjacent to an activating group) is 1. The Morgan fingerprint density at radius 1 is 0.950 bits per heavy atom. The highest BCUT2D eigenvalue weighted by Gasteiger charge is 2.16. The molecule has 6 rings (SSSR count). The fourth-order valence-electron chi connectivity index (χ4n) is 4.94. The summed E-state index contributed by atoms with van der Waals surface area (Å²) in [4.78, 5) is 22.5. The average molecular weight is 556 g/mol. The van der Waals surface area contributed by atoms with E-state index >= 15 is 0 Å². The molecule has 204 valence electrons. The van der Waals surface area contributed by atoms with Gasteiger partial charge in [-0.05, 0) is 71.9 Å². The Morgan fingerprint density at radius 2 is 1.73 bits per heavy atom. The van der Waals surface area contributed by atoms with E-state index in [4.69, 9.17) is 16.3 Å². The zero-order valence-electron chi connectivity index (χ0n) is 22.4. The maximum absolute atomic E-state index is 13.3. The van der Waals surface area contributed by atoms with Crippen molar-refractivity contribution in [2.24, 2.45) is 0 Å². The van der Waals surface area contributed by atoms with Crippen molar-refractivity contribution in [3.8, 4) is 5.75 Å². The van der Waals surface area contributed by atoms with Crippen molar-refractivity contribution < 1.29 is 9.53 Å². The van der Waals surface area contributed by atoms with Crippen LogP contribution < -0.4 is 15.4 Å². The predicted molar refractivity (Wildman–Crippen MR) is 159 cm³/mol. The molecule has 1 amide bonds. The molecule has 0 spiro atoms. The number of carbonyl (C=O) groups excluding carboxylic acids is 1. The predicted octanol–water partition coefficient (Wildman–Crippen LogP) is 5.29. The van der Waals surface area contributed by atoms with E-state index in [2.05, 4.69) is 49.7 Å². The number of nitrogens with one attached hydrogen (secondary N) is 2. The van der Waals surface area contributed by atoms with E-state index in [0.717, 1.165) is 54.9 Å². The van der Waals surface area contributed by atoms with E-state index in [-0.39, 0.29) is 5.91 Å². The number of ether oxygens (including phenoxy) is 1. The summed E-state index contributed by atoms with van der Waals surface area (Å²) in [5.41, 5.74) is 3.93. The van der Waals surface area contributed by atoms with Crippen LogP contribution in [0, 0.1) is 0 Å². The second kappa shape index (κ2) is 11.1. The second-order valence-electron chi connectivity index (χ2n) is 10.0. The summed E-state index contributed by atoms with van der Waals surface area (Å²) in [6.45, 7) is 5.23. The number of hydrogen-bond acceptors (Lipinski definition) is 7. The summed E-state index contributed by atoms with van der Waals surface area (Å²) in [6, 6.07) is 21.2. The molecule has 1 aliphatic heterocycles. The topological polar surface area (TPSA) is 87.0 Å². The van der Waals surface area contributed by atoms with Crippen LogP contribution in [-0.4, -0.2) is 70.6 Å². The van der Waals surface area contributed by atoms with Crippen LogP contribution >= 0.6 is 11.6 Å². The van der Waals surface area contributed by atoms with Crippen molar-refractivity contribution in [1.82, 2.24) is 24.4 Å². The van der Waals surface area contributed by atoms with E-state index in [1.807, 2.05) is 42.5 Å². The van der Waals surface area contributed by atoms with Gasteiger partial charge in [0, 0.05) is 44.1 Å². The monoisotopic (exact) mass is 555 g/mol. The second-order valence-corrected chi connectivity index (χ2v) is 10.4. The fraction of sp³-hybridized carbons (Fsp3) is 0.233. The molecule has 40 heavy (non-hydrogen) atoms. The maximum atomic E-state index is 13.3. The van der Waals surface area contributed by atoms with E-state index in [1.54, 1.807) is 30.0 Å². The normalized spacial score (nSPS) is 14.5. The van der Waals surface area contributed by atoms with Crippen molar-refractivity contribution in [1.29, 1.82) is 0 Å². The largest absolute Gasteiger partial charge is 0.496 e. The first-order chi connectivity index (χ1) is 19.4. The number of hydrogen-bond donors (Lipinski definition) is 2. The summed E-state index contributed by atoms with van der Waals surface area (Å²) < 4.78 is 7.23. The number of halogens is 1. The van der Waals surface area contributed by atoms with Gasteiger partial charge in [-0.25, -0.2) is 4.98 Å². The number of amides is 1. The molecule has 3 aromatic carbocycles. The average Bonchev–Trinajstić information content (AvgIpc) is 3.36. The molecule has 1 aliphatic rings. The Morgan fingerprint density at radius 3 is 2.50 bits per heavy atom. The quantitative estimate of drug-likeness (QED) is 0.282. The number of aromatic nitrogens is 3. The van der Waals surface area contributed by atoms with Crippen molar-refractivity contribution >= 4 is 51.1 Å². The van der Waals surface area contributed by atoms with Gasteiger partial charge in [-0.2, -0.15) is 9.61 Å². The standard InChI is InChI=1S/C30H30ClN7O2/c1-36-11-13-37(14-12-36)19-20-3-6-23(7-4-20)34-30(39)25-16-22-15-24(8-5-21(22)17-26(25)40-2)33-29-18-32-28-10-9-27(31)35-38(28)29/h3-10,15-18,33H,11-14,19H2,1-2H3,(H,34,39). The van der Waals surface area contributed by atoms with Gasteiger partial charge in [-0.3, -0.25) is 9.69 Å². The van der Waals surface area contributed by atoms with Crippen LogP contribution in [0.3, 0.4) is 0 Å². The Hall–Kier alpha value is -4.18. The third-order valence-electron chi connectivity index (χ3n) is 7.22. The Bertz CT molecular complexity index is 1680. The van der Waals surface area contributed by atoms with Crippen LogP contribution in [0.5, 0.6) is 5.75 Å². The molecule has 0 saturated carbocycles.